The van der Waals surface area contributed by atoms with Crippen molar-refractivity contribution in [1.82, 2.24) is 4.90 Å². The van der Waals surface area contributed by atoms with Crippen LogP contribution in [0.1, 0.15) is 37.3 Å². The Morgan fingerprint density at radius 1 is 1.38 bits per heavy atom. The van der Waals surface area contributed by atoms with Crippen LogP contribution in [-0.4, -0.2) is 54.7 Å². The summed E-state index contributed by atoms with van der Waals surface area (Å²) in [7, 11) is 1.64. The first-order valence-corrected chi connectivity index (χ1v) is 9.15. The van der Waals surface area contributed by atoms with Crippen molar-refractivity contribution >= 4 is 5.97 Å². The minimum absolute atomic E-state index is 0.174. The van der Waals surface area contributed by atoms with Crippen LogP contribution in [0, 0.1) is 0 Å². The molecule has 1 N–H and O–H groups in total. The Kier molecular flexibility index (Phi) is 3.43. The fraction of sp³-hybridized carbons (Fsp3) is 0.632. The second kappa shape index (κ2) is 5.50. The molecule has 1 saturated carbocycles. The molecule has 1 saturated heterocycles. The van der Waals surface area contributed by atoms with Gasteiger partial charge in [-0.05, 0) is 37.4 Å². The molecule has 1 aromatic rings. The second-order valence-electron chi connectivity index (χ2n) is 7.62. The van der Waals surface area contributed by atoms with Crippen LogP contribution >= 0.6 is 0 Å². The first-order chi connectivity index (χ1) is 12.6. The van der Waals surface area contributed by atoms with E-state index in [2.05, 4.69) is 4.90 Å². The van der Waals surface area contributed by atoms with E-state index in [4.69, 9.17) is 18.9 Å². The van der Waals surface area contributed by atoms with Gasteiger partial charge in [-0.3, -0.25) is 9.69 Å². The number of carbonyl (C=O) groups is 1. The van der Waals surface area contributed by atoms with Crippen molar-refractivity contribution < 1.29 is 28.8 Å². The smallest absolute Gasteiger partial charge is 0.302 e. The summed E-state index contributed by atoms with van der Waals surface area (Å²) in [6.45, 7) is 3.24. The molecule has 7 heteroatoms. The van der Waals surface area contributed by atoms with Gasteiger partial charge in [0, 0.05) is 30.5 Å². The van der Waals surface area contributed by atoms with Crippen LogP contribution in [0.25, 0.3) is 0 Å². The molecule has 7 nitrogen and oxygen atoms in total. The molecule has 1 aromatic carbocycles. The van der Waals surface area contributed by atoms with Crippen molar-refractivity contribution in [3.63, 3.8) is 0 Å². The highest BCUT2D eigenvalue weighted by Crippen LogP contribution is 2.58. The molecular formula is C19H23NO6. The van der Waals surface area contributed by atoms with E-state index >= 15 is 0 Å². The van der Waals surface area contributed by atoms with Gasteiger partial charge in [-0.2, -0.15) is 0 Å². The number of benzene rings is 1. The number of methoxy groups -OCH3 is 1. The minimum Gasteiger partial charge on any atom is -0.492 e. The molecule has 0 radical (unpaired) electrons. The van der Waals surface area contributed by atoms with E-state index in [1.807, 2.05) is 6.07 Å². The van der Waals surface area contributed by atoms with Gasteiger partial charge in [-0.25, -0.2) is 0 Å². The number of hydrogen-bond donors (Lipinski definition) is 1. The third-order valence-corrected chi connectivity index (χ3v) is 6.56. The quantitative estimate of drug-likeness (QED) is 0.797. The van der Waals surface area contributed by atoms with Gasteiger partial charge in [-0.15, -0.1) is 0 Å². The monoisotopic (exact) mass is 361 g/mol. The van der Waals surface area contributed by atoms with Crippen molar-refractivity contribution in [2.24, 2.45) is 0 Å². The fourth-order valence-corrected chi connectivity index (χ4v) is 5.62. The van der Waals surface area contributed by atoms with Crippen LogP contribution in [0.5, 0.6) is 17.2 Å². The van der Waals surface area contributed by atoms with Crippen molar-refractivity contribution in [2.75, 3.05) is 20.4 Å². The standard InChI is InChI=1S/C19H23NO6/c1-10(21)26-13-3-4-15-19(18(13)22)5-6-20(15)8-11-12(19)7-14-17(16(11)23-2)25-9-24-14/h7,13,15,18,22H,3-6,8-9H2,1-2H3/t13-,15-,18-,19-/m0/s1. The highest BCUT2D eigenvalue weighted by Gasteiger charge is 2.61. The molecule has 140 valence electrons. The molecule has 3 heterocycles. The zero-order chi connectivity index (χ0) is 18.1. The van der Waals surface area contributed by atoms with E-state index in [0.29, 0.717) is 23.7 Å². The van der Waals surface area contributed by atoms with Crippen LogP contribution in [0.4, 0.5) is 0 Å². The van der Waals surface area contributed by atoms with E-state index < -0.39 is 17.6 Å². The lowest BCUT2D eigenvalue weighted by Gasteiger charge is -2.51. The first-order valence-electron chi connectivity index (χ1n) is 9.15. The van der Waals surface area contributed by atoms with Crippen molar-refractivity contribution in [2.45, 2.75) is 56.4 Å². The third-order valence-electron chi connectivity index (χ3n) is 6.56. The molecule has 2 fully saturated rings. The average molecular weight is 361 g/mol. The molecular weight excluding hydrogens is 338 g/mol. The van der Waals surface area contributed by atoms with Gasteiger partial charge in [0.2, 0.25) is 12.5 Å². The Morgan fingerprint density at radius 3 is 3.00 bits per heavy atom. The highest BCUT2D eigenvalue weighted by molar-refractivity contribution is 5.67. The lowest BCUT2D eigenvalue weighted by molar-refractivity contribution is -0.162. The Morgan fingerprint density at radius 2 is 2.23 bits per heavy atom. The van der Waals surface area contributed by atoms with Gasteiger partial charge in [0.15, 0.2) is 11.5 Å². The molecule has 0 aromatic heterocycles. The largest absolute Gasteiger partial charge is 0.492 e. The molecule has 1 unspecified atom stereocenters. The van der Waals surface area contributed by atoms with Crippen LogP contribution in [0.15, 0.2) is 6.07 Å². The summed E-state index contributed by atoms with van der Waals surface area (Å²) in [5.74, 6) is 1.65. The van der Waals surface area contributed by atoms with Gasteiger partial charge in [0.05, 0.1) is 7.11 Å². The van der Waals surface area contributed by atoms with Crippen LogP contribution in [0.2, 0.25) is 0 Å². The molecule has 0 amide bonds. The van der Waals surface area contributed by atoms with Crippen LogP contribution in [-0.2, 0) is 21.5 Å². The Labute approximate surface area is 151 Å². The zero-order valence-electron chi connectivity index (χ0n) is 15.0. The van der Waals surface area contributed by atoms with Gasteiger partial charge in [0.1, 0.15) is 12.2 Å². The summed E-state index contributed by atoms with van der Waals surface area (Å²) in [6, 6.07) is 2.25. The summed E-state index contributed by atoms with van der Waals surface area (Å²) in [5.41, 5.74) is 1.63. The normalized spacial score (nSPS) is 36.3. The van der Waals surface area contributed by atoms with Gasteiger partial charge in [0.25, 0.3) is 0 Å². The molecule has 4 aliphatic rings. The number of ether oxygens (including phenoxy) is 4. The molecule has 1 aliphatic carbocycles. The number of aliphatic hydroxyl groups excluding tert-OH is 1. The molecule has 26 heavy (non-hydrogen) atoms. The molecule has 0 spiro atoms. The van der Waals surface area contributed by atoms with E-state index in [9.17, 15) is 9.90 Å². The average Bonchev–Trinajstić information content (AvgIpc) is 3.18. The summed E-state index contributed by atoms with van der Waals surface area (Å²) in [4.78, 5) is 13.9. The van der Waals surface area contributed by atoms with E-state index in [-0.39, 0.29) is 18.8 Å². The number of rotatable bonds is 2. The van der Waals surface area contributed by atoms with Crippen LogP contribution < -0.4 is 14.2 Å². The fourth-order valence-electron chi connectivity index (χ4n) is 5.62. The maximum Gasteiger partial charge on any atom is 0.302 e. The van der Waals surface area contributed by atoms with Crippen LogP contribution in [0.3, 0.4) is 0 Å². The SMILES string of the molecule is COc1c2c(cc3c1OCO3)[C@@]13CCN(C2)[C@H]1CC[C@H](OC(C)=O)[C@@H]3O. The summed E-state index contributed by atoms with van der Waals surface area (Å²) >= 11 is 0. The summed E-state index contributed by atoms with van der Waals surface area (Å²) < 4.78 is 22.4. The van der Waals surface area contributed by atoms with Gasteiger partial charge < -0.3 is 24.1 Å². The van der Waals surface area contributed by atoms with Gasteiger partial charge in [-0.1, -0.05) is 0 Å². The molecule has 5 rings (SSSR count). The number of fused-ring (bicyclic) bond motifs is 2. The summed E-state index contributed by atoms with van der Waals surface area (Å²) in [5, 5.41) is 11.3. The Hall–Kier alpha value is -1.99. The highest BCUT2D eigenvalue weighted by atomic mass is 16.7. The lowest BCUT2D eigenvalue weighted by Crippen LogP contribution is -2.61. The Bertz CT molecular complexity index is 780. The van der Waals surface area contributed by atoms with Crippen molar-refractivity contribution in [3.8, 4) is 17.2 Å². The number of esters is 1. The molecule has 3 aliphatic heterocycles. The molecule has 5 atom stereocenters. The lowest BCUT2D eigenvalue weighted by atomic mass is 9.61. The van der Waals surface area contributed by atoms with Gasteiger partial charge >= 0.3 is 5.97 Å². The van der Waals surface area contributed by atoms with Crippen molar-refractivity contribution in [3.05, 3.63) is 17.2 Å². The number of carbonyl (C=O) groups excluding carboxylic acids is 1. The summed E-state index contributed by atoms with van der Waals surface area (Å²) in [6.07, 6.45) is 1.17. The topological polar surface area (TPSA) is 77.5 Å². The second-order valence-corrected chi connectivity index (χ2v) is 7.62. The number of aliphatic hydroxyl groups is 1. The number of hydrogen-bond acceptors (Lipinski definition) is 7. The Balaban J connectivity index is 1.68. The molecule has 2 bridgehead atoms. The first kappa shape index (κ1) is 16.2. The van der Waals surface area contributed by atoms with Crippen molar-refractivity contribution in [1.29, 1.82) is 0 Å². The van der Waals surface area contributed by atoms with E-state index in [1.54, 1.807) is 7.11 Å². The zero-order valence-corrected chi connectivity index (χ0v) is 15.0. The number of nitrogens with zero attached hydrogens (tertiary/aromatic N) is 1. The third kappa shape index (κ3) is 1.93. The predicted octanol–water partition coefficient (Wildman–Crippen LogP) is 1.34. The van der Waals surface area contributed by atoms with E-state index in [1.165, 1.54) is 6.92 Å². The predicted molar refractivity (Wildman–Crippen MR) is 90.4 cm³/mol. The maximum absolute atomic E-state index is 11.5. The maximum atomic E-state index is 11.5. The minimum atomic E-state index is -0.751. The van der Waals surface area contributed by atoms with E-state index in [0.717, 1.165) is 37.1 Å².